The molecule has 9 nitrogen and oxygen atoms in total. The van der Waals surface area contributed by atoms with Crippen LogP contribution in [0, 0.1) is 0 Å². The van der Waals surface area contributed by atoms with Gasteiger partial charge in [-0.05, 0) is 51.7 Å². The molecule has 2 aromatic rings. The number of hydrogen-bond acceptors (Lipinski definition) is 6. The van der Waals surface area contributed by atoms with Crippen molar-refractivity contribution in [1.29, 1.82) is 0 Å². The third-order valence-corrected chi connectivity index (χ3v) is 6.42. The molecule has 0 spiro atoms. The van der Waals surface area contributed by atoms with E-state index in [1.165, 1.54) is 22.8 Å². The van der Waals surface area contributed by atoms with Crippen LogP contribution in [0.4, 0.5) is 18.0 Å². The van der Waals surface area contributed by atoms with Gasteiger partial charge in [0, 0.05) is 44.8 Å². The lowest BCUT2D eigenvalue weighted by Crippen LogP contribution is -2.53. The molecule has 12 heteroatoms. The van der Waals surface area contributed by atoms with E-state index in [0.29, 0.717) is 30.7 Å². The Kier molecular flexibility index (Phi) is 8.22. The first-order valence-corrected chi connectivity index (χ1v) is 12.8. The van der Waals surface area contributed by atoms with Gasteiger partial charge in [0.15, 0.2) is 11.8 Å². The van der Waals surface area contributed by atoms with Gasteiger partial charge in [-0.1, -0.05) is 12.1 Å². The lowest BCUT2D eigenvalue weighted by molar-refractivity contribution is -0.150. The summed E-state index contributed by atoms with van der Waals surface area (Å²) in [6.45, 7) is 6.84. The summed E-state index contributed by atoms with van der Waals surface area (Å²) < 4.78 is 58.5. The summed E-state index contributed by atoms with van der Waals surface area (Å²) in [4.78, 5) is 29.2. The van der Waals surface area contributed by atoms with Crippen molar-refractivity contribution in [3.05, 3.63) is 29.5 Å². The maximum absolute atomic E-state index is 13.6. The van der Waals surface area contributed by atoms with Crippen molar-refractivity contribution in [2.75, 3.05) is 33.4 Å². The average Bonchev–Trinajstić information content (AvgIpc) is 3.62. The number of amides is 2. The van der Waals surface area contributed by atoms with Crippen LogP contribution in [0.1, 0.15) is 51.3 Å². The number of hydrogen-bond donors (Lipinski definition) is 0. The summed E-state index contributed by atoms with van der Waals surface area (Å²) >= 11 is 0. The molecular weight excluding hydrogens is 505 g/mol. The molecule has 0 bridgehead atoms. The Morgan fingerprint density at radius 2 is 1.95 bits per heavy atom. The molecule has 1 aliphatic carbocycles. The number of carbonyl (C=O) groups excluding carboxylic acids is 2. The molecule has 4 rings (SSSR count). The number of aryl methyl sites for hydroxylation is 1. The standard InChI is InChI=1S/C26H35F3N4O5/c1-25(2,3)38-24(35)31-11-13-37-21(16-31)23(34)32(18-7-8-18)15-17-6-9-19-20(14-17)33(10-5-12-36-4)30-22(19)26(27,28)29/h6,9,14,18,21H,5,7-8,10-13,15-16H2,1-4H3/t21-/m1/s1. The summed E-state index contributed by atoms with van der Waals surface area (Å²) in [6, 6.07) is 4.72. The number of ether oxygens (including phenoxy) is 3. The monoisotopic (exact) mass is 540 g/mol. The van der Waals surface area contributed by atoms with E-state index in [0.717, 1.165) is 12.8 Å². The molecule has 0 N–H and O–H groups in total. The van der Waals surface area contributed by atoms with E-state index >= 15 is 0 Å². The first-order valence-electron chi connectivity index (χ1n) is 12.8. The van der Waals surface area contributed by atoms with Crippen molar-refractivity contribution in [2.45, 2.75) is 77.0 Å². The molecule has 210 valence electrons. The van der Waals surface area contributed by atoms with Crippen molar-refractivity contribution in [1.82, 2.24) is 19.6 Å². The van der Waals surface area contributed by atoms with Gasteiger partial charge in [0.1, 0.15) is 5.60 Å². The largest absolute Gasteiger partial charge is 0.444 e. The predicted molar refractivity (Wildman–Crippen MR) is 132 cm³/mol. The minimum Gasteiger partial charge on any atom is -0.444 e. The molecule has 1 aromatic carbocycles. The van der Waals surface area contributed by atoms with Crippen LogP contribution in [0.2, 0.25) is 0 Å². The molecule has 38 heavy (non-hydrogen) atoms. The van der Waals surface area contributed by atoms with Crippen LogP contribution < -0.4 is 0 Å². The van der Waals surface area contributed by atoms with E-state index < -0.39 is 29.7 Å². The molecule has 0 unspecified atom stereocenters. The summed E-state index contributed by atoms with van der Waals surface area (Å²) in [5, 5.41) is 3.86. The number of fused-ring (bicyclic) bond motifs is 1. The number of methoxy groups -OCH3 is 1. The van der Waals surface area contributed by atoms with Gasteiger partial charge in [-0.25, -0.2) is 4.79 Å². The quantitative estimate of drug-likeness (QED) is 0.466. The van der Waals surface area contributed by atoms with Crippen LogP contribution in [0.5, 0.6) is 0 Å². The Morgan fingerprint density at radius 3 is 2.58 bits per heavy atom. The highest BCUT2D eigenvalue weighted by Gasteiger charge is 2.40. The average molecular weight is 541 g/mol. The smallest absolute Gasteiger partial charge is 0.435 e. The number of aromatic nitrogens is 2. The Bertz CT molecular complexity index is 1160. The third-order valence-electron chi connectivity index (χ3n) is 6.42. The molecule has 0 radical (unpaired) electrons. The molecule has 2 fully saturated rings. The Morgan fingerprint density at radius 1 is 1.21 bits per heavy atom. The Hall–Kier alpha value is -2.86. The zero-order valence-electron chi connectivity index (χ0n) is 22.2. The van der Waals surface area contributed by atoms with E-state index in [9.17, 15) is 22.8 Å². The fourth-order valence-corrected chi connectivity index (χ4v) is 4.50. The van der Waals surface area contributed by atoms with E-state index in [-0.39, 0.29) is 43.6 Å². The Labute approximate surface area is 219 Å². The number of benzene rings is 1. The first kappa shape index (κ1) is 28.2. The van der Waals surface area contributed by atoms with Gasteiger partial charge in [-0.3, -0.25) is 9.48 Å². The van der Waals surface area contributed by atoms with Gasteiger partial charge in [0.05, 0.1) is 18.7 Å². The molecule has 1 saturated heterocycles. The summed E-state index contributed by atoms with van der Waals surface area (Å²) in [6.07, 6.45) is -3.73. The molecule has 2 amide bonds. The molecule has 2 aliphatic rings. The van der Waals surface area contributed by atoms with Crippen molar-refractivity contribution in [3.8, 4) is 0 Å². The van der Waals surface area contributed by atoms with E-state index in [1.807, 2.05) is 0 Å². The molecule has 1 atom stereocenters. The summed E-state index contributed by atoms with van der Waals surface area (Å²) in [5.41, 5.74) is -0.530. The minimum absolute atomic E-state index is 0.0200. The maximum atomic E-state index is 13.6. The van der Waals surface area contributed by atoms with Crippen molar-refractivity contribution in [3.63, 3.8) is 0 Å². The second-order valence-electron chi connectivity index (χ2n) is 10.8. The predicted octanol–water partition coefficient (Wildman–Crippen LogP) is 4.22. The van der Waals surface area contributed by atoms with Gasteiger partial charge >= 0.3 is 12.3 Å². The fraction of sp³-hybridized carbons (Fsp3) is 0.654. The number of alkyl halides is 3. The van der Waals surface area contributed by atoms with Gasteiger partial charge in [-0.15, -0.1) is 0 Å². The highest BCUT2D eigenvalue weighted by molar-refractivity contribution is 5.84. The Balaban J connectivity index is 1.53. The maximum Gasteiger partial charge on any atom is 0.435 e. The zero-order valence-corrected chi connectivity index (χ0v) is 22.2. The van der Waals surface area contributed by atoms with Gasteiger partial charge in [0.25, 0.3) is 5.91 Å². The lowest BCUT2D eigenvalue weighted by Gasteiger charge is -2.36. The second-order valence-corrected chi connectivity index (χ2v) is 10.8. The zero-order chi connectivity index (χ0) is 27.7. The molecule has 1 aliphatic heterocycles. The minimum atomic E-state index is -4.58. The van der Waals surface area contributed by atoms with E-state index in [2.05, 4.69) is 5.10 Å². The topological polar surface area (TPSA) is 86.1 Å². The number of morpholine rings is 1. The van der Waals surface area contributed by atoms with Crippen molar-refractivity contribution >= 4 is 22.9 Å². The van der Waals surface area contributed by atoms with E-state index in [4.69, 9.17) is 14.2 Å². The normalized spacial score (nSPS) is 18.6. The second kappa shape index (κ2) is 11.1. The number of carbonyl (C=O) groups is 2. The SMILES string of the molecule is COCCCn1nc(C(F)(F)F)c2ccc(CN(C(=O)[C@H]3CN(C(=O)OC(C)(C)C)CCO3)C3CC3)cc21. The number of nitrogens with zero attached hydrogens (tertiary/aromatic N) is 4. The summed E-state index contributed by atoms with van der Waals surface area (Å²) in [5.74, 6) is -0.245. The molecular formula is C26H35F3N4O5. The molecule has 2 heterocycles. The number of rotatable bonds is 8. The highest BCUT2D eigenvalue weighted by atomic mass is 19.4. The van der Waals surface area contributed by atoms with Crippen LogP contribution in [-0.4, -0.2) is 82.7 Å². The first-order chi connectivity index (χ1) is 17.9. The highest BCUT2D eigenvalue weighted by Crippen LogP contribution is 2.35. The third kappa shape index (κ3) is 6.76. The van der Waals surface area contributed by atoms with Crippen molar-refractivity contribution in [2.24, 2.45) is 0 Å². The molecule has 1 aromatic heterocycles. The van der Waals surface area contributed by atoms with Crippen LogP contribution >= 0.6 is 0 Å². The van der Waals surface area contributed by atoms with Crippen LogP contribution in [0.15, 0.2) is 18.2 Å². The lowest BCUT2D eigenvalue weighted by atomic mass is 10.1. The van der Waals surface area contributed by atoms with Gasteiger partial charge in [-0.2, -0.15) is 18.3 Å². The fourth-order valence-electron chi connectivity index (χ4n) is 4.50. The van der Waals surface area contributed by atoms with E-state index in [1.54, 1.807) is 37.8 Å². The van der Waals surface area contributed by atoms with Gasteiger partial charge in [0.2, 0.25) is 0 Å². The van der Waals surface area contributed by atoms with Crippen molar-refractivity contribution < 1.29 is 37.0 Å². The number of halogens is 3. The van der Waals surface area contributed by atoms with Crippen LogP contribution in [0.25, 0.3) is 10.9 Å². The van der Waals surface area contributed by atoms with Gasteiger partial charge < -0.3 is 24.0 Å². The van der Waals surface area contributed by atoms with Crippen LogP contribution in [0.3, 0.4) is 0 Å². The summed E-state index contributed by atoms with van der Waals surface area (Å²) in [7, 11) is 1.53. The molecule has 1 saturated carbocycles. The van der Waals surface area contributed by atoms with Crippen LogP contribution in [-0.2, 0) is 38.3 Å².